The molecule has 2 aromatic rings. The second-order valence-electron chi connectivity index (χ2n) is 4.30. The van der Waals surface area contributed by atoms with Crippen molar-refractivity contribution < 1.29 is 19.8 Å². The van der Waals surface area contributed by atoms with Gasteiger partial charge in [0.25, 0.3) is 5.91 Å². The zero-order valence-corrected chi connectivity index (χ0v) is 11.5. The Morgan fingerprint density at radius 1 is 1.10 bits per heavy atom. The van der Waals surface area contributed by atoms with Gasteiger partial charge in [-0.25, -0.2) is 4.79 Å². The van der Waals surface area contributed by atoms with E-state index in [1.807, 2.05) is 0 Å². The molecule has 2 aromatic carbocycles. The molecule has 0 saturated heterocycles. The van der Waals surface area contributed by atoms with Crippen molar-refractivity contribution in [3.63, 3.8) is 0 Å². The van der Waals surface area contributed by atoms with Gasteiger partial charge in [0.05, 0.1) is 11.3 Å². The number of benzene rings is 2. The van der Waals surface area contributed by atoms with E-state index in [-0.39, 0.29) is 16.3 Å². The Labute approximate surface area is 125 Å². The van der Waals surface area contributed by atoms with Crippen LogP contribution in [0.1, 0.15) is 22.0 Å². The Kier molecular flexibility index (Phi) is 4.57. The van der Waals surface area contributed by atoms with Crippen LogP contribution in [-0.2, 0) is 4.79 Å². The van der Waals surface area contributed by atoms with Gasteiger partial charge >= 0.3 is 5.97 Å². The van der Waals surface area contributed by atoms with Crippen LogP contribution >= 0.6 is 11.6 Å². The summed E-state index contributed by atoms with van der Waals surface area (Å²) in [7, 11) is 0. The number of aliphatic hydroxyl groups is 1. The van der Waals surface area contributed by atoms with Gasteiger partial charge in [0, 0.05) is 5.02 Å². The lowest BCUT2D eigenvalue weighted by atomic mass is 10.1. The Morgan fingerprint density at radius 2 is 1.76 bits per heavy atom. The maximum absolute atomic E-state index is 12.0. The normalized spacial score (nSPS) is 11.7. The summed E-state index contributed by atoms with van der Waals surface area (Å²) >= 11 is 5.79. The van der Waals surface area contributed by atoms with E-state index in [2.05, 4.69) is 5.32 Å². The number of carbonyl (C=O) groups is 2. The van der Waals surface area contributed by atoms with Crippen LogP contribution in [0.3, 0.4) is 0 Å². The summed E-state index contributed by atoms with van der Waals surface area (Å²) in [6.45, 7) is 0. The average molecular weight is 306 g/mol. The molecule has 1 unspecified atom stereocenters. The molecule has 0 aromatic heterocycles. The van der Waals surface area contributed by atoms with Gasteiger partial charge in [0.2, 0.25) is 0 Å². The lowest BCUT2D eigenvalue weighted by Crippen LogP contribution is -2.22. The highest BCUT2D eigenvalue weighted by Crippen LogP contribution is 2.23. The first-order valence-corrected chi connectivity index (χ1v) is 6.43. The number of amides is 1. The third-order valence-electron chi connectivity index (χ3n) is 2.83. The summed E-state index contributed by atoms with van der Waals surface area (Å²) in [4.78, 5) is 23.1. The second kappa shape index (κ2) is 6.39. The van der Waals surface area contributed by atoms with Gasteiger partial charge in [0.15, 0.2) is 6.10 Å². The summed E-state index contributed by atoms with van der Waals surface area (Å²) in [5, 5.41) is 21.7. The molecule has 0 radical (unpaired) electrons. The zero-order chi connectivity index (χ0) is 15.4. The molecule has 2 rings (SSSR count). The molecule has 1 atom stereocenters. The number of hydrogen-bond donors (Lipinski definition) is 3. The summed E-state index contributed by atoms with van der Waals surface area (Å²) in [6, 6.07) is 12.3. The Hall–Kier alpha value is -2.37. The number of halogens is 1. The molecular formula is C15H12ClNO4. The Balaban J connectivity index is 2.24. The quantitative estimate of drug-likeness (QED) is 0.810. The second-order valence-corrected chi connectivity index (χ2v) is 4.73. The van der Waals surface area contributed by atoms with Crippen LogP contribution in [0.5, 0.6) is 0 Å². The van der Waals surface area contributed by atoms with Crippen molar-refractivity contribution in [2.24, 2.45) is 0 Å². The predicted molar refractivity (Wildman–Crippen MR) is 78.4 cm³/mol. The first-order valence-electron chi connectivity index (χ1n) is 6.06. The monoisotopic (exact) mass is 305 g/mol. The fourth-order valence-electron chi connectivity index (χ4n) is 1.79. The minimum absolute atomic E-state index is 0.0370. The summed E-state index contributed by atoms with van der Waals surface area (Å²) in [5.41, 5.74) is 0.344. The highest BCUT2D eigenvalue weighted by atomic mass is 35.5. The molecule has 0 saturated carbocycles. The number of hydrogen-bond acceptors (Lipinski definition) is 3. The molecule has 0 fully saturated rings. The smallest absolute Gasteiger partial charge is 0.337 e. The van der Waals surface area contributed by atoms with Gasteiger partial charge in [-0.3, -0.25) is 4.79 Å². The molecule has 0 aliphatic rings. The van der Waals surface area contributed by atoms with Crippen molar-refractivity contribution in [1.82, 2.24) is 0 Å². The molecule has 0 aliphatic carbocycles. The Bertz CT molecular complexity index is 673. The Morgan fingerprint density at radius 3 is 2.38 bits per heavy atom. The number of aliphatic hydroxyl groups excluding tert-OH is 1. The molecule has 5 nitrogen and oxygen atoms in total. The number of rotatable bonds is 4. The minimum Gasteiger partial charge on any atom is -0.478 e. The molecule has 21 heavy (non-hydrogen) atoms. The number of anilines is 1. The number of nitrogens with one attached hydrogen (secondary N) is 1. The third kappa shape index (κ3) is 3.59. The third-order valence-corrected chi connectivity index (χ3v) is 3.07. The van der Waals surface area contributed by atoms with Crippen molar-refractivity contribution in [2.45, 2.75) is 6.10 Å². The van der Waals surface area contributed by atoms with Gasteiger partial charge in [0.1, 0.15) is 0 Å². The molecule has 6 heteroatoms. The van der Waals surface area contributed by atoms with Gasteiger partial charge in [-0.15, -0.1) is 0 Å². The average Bonchev–Trinajstić information content (AvgIpc) is 2.47. The molecule has 0 bridgehead atoms. The van der Waals surface area contributed by atoms with Crippen LogP contribution in [0.25, 0.3) is 0 Å². The summed E-state index contributed by atoms with van der Waals surface area (Å²) < 4.78 is 0. The van der Waals surface area contributed by atoms with Gasteiger partial charge in [-0.1, -0.05) is 41.9 Å². The van der Waals surface area contributed by atoms with Crippen LogP contribution in [0.2, 0.25) is 5.02 Å². The predicted octanol–water partition coefficient (Wildman–Crippen LogP) is 2.71. The van der Waals surface area contributed by atoms with Crippen LogP contribution < -0.4 is 5.32 Å². The fourth-order valence-corrected chi connectivity index (χ4v) is 1.97. The largest absolute Gasteiger partial charge is 0.478 e. The molecular weight excluding hydrogens is 294 g/mol. The molecule has 108 valence electrons. The van der Waals surface area contributed by atoms with Crippen molar-refractivity contribution in [3.8, 4) is 0 Å². The maximum Gasteiger partial charge on any atom is 0.337 e. The van der Waals surface area contributed by atoms with E-state index >= 15 is 0 Å². The molecule has 0 heterocycles. The van der Waals surface area contributed by atoms with E-state index in [9.17, 15) is 14.7 Å². The zero-order valence-electron chi connectivity index (χ0n) is 10.8. The van der Waals surface area contributed by atoms with Crippen LogP contribution in [-0.4, -0.2) is 22.1 Å². The van der Waals surface area contributed by atoms with Gasteiger partial charge < -0.3 is 15.5 Å². The van der Waals surface area contributed by atoms with Crippen molar-refractivity contribution >= 4 is 29.2 Å². The van der Waals surface area contributed by atoms with E-state index in [0.717, 1.165) is 0 Å². The van der Waals surface area contributed by atoms with Gasteiger partial charge in [-0.05, 0) is 23.8 Å². The fraction of sp³-hybridized carbons (Fsp3) is 0.0667. The standard InChI is InChI=1S/C15H12ClNO4/c16-10-6-7-11(15(20)21)12(8-10)17-14(19)13(18)9-4-2-1-3-5-9/h1-8,13,18H,(H,17,19)(H,20,21). The van der Waals surface area contributed by atoms with E-state index in [0.29, 0.717) is 5.56 Å². The number of aromatic carboxylic acids is 1. The highest BCUT2D eigenvalue weighted by Gasteiger charge is 2.20. The first kappa shape index (κ1) is 15.0. The van der Waals surface area contributed by atoms with Crippen LogP contribution in [0, 0.1) is 0 Å². The lowest BCUT2D eigenvalue weighted by Gasteiger charge is -2.13. The van der Waals surface area contributed by atoms with Crippen LogP contribution in [0.15, 0.2) is 48.5 Å². The van der Waals surface area contributed by atoms with E-state index in [4.69, 9.17) is 16.7 Å². The van der Waals surface area contributed by atoms with Crippen molar-refractivity contribution in [2.75, 3.05) is 5.32 Å². The van der Waals surface area contributed by atoms with Gasteiger partial charge in [-0.2, -0.15) is 0 Å². The molecule has 1 amide bonds. The first-order chi connectivity index (χ1) is 9.99. The van der Waals surface area contributed by atoms with E-state index < -0.39 is 18.0 Å². The maximum atomic E-state index is 12.0. The molecule has 0 aliphatic heterocycles. The topological polar surface area (TPSA) is 86.6 Å². The summed E-state index contributed by atoms with van der Waals surface area (Å²) in [5.74, 6) is -1.93. The van der Waals surface area contributed by atoms with Crippen molar-refractivity contribution in [1.29, 1.82) is 0 Å². The highest BCUT2D eigenvalue weighted by molar-refractivity contribution is 6.31. The number of carbonyl (C=O) groups excluding carboxylic acids is 1. The minimum atomic E-state index is -1.40. The van der Waals surface area contributed by atoms with E-state index in [1.54, 1.807) is 30.3 Å². The van der Waals surface area contributed by atoms with Crippen LogP contribution in [0.4, 0.5) is 5.69 Å². The number of carboxylic acids is 1. The lowest BCUT2D eigenvalue weighted by molar-refractivity contribution is -0.124. The molecule has 0 spiro atoms. The van der Waals surface area contributed by atoms with E-state index in [1.165, 1.54) is 18.2 Å². The number of carboxylic acid groups (broad SMARTS) is 1. The molecule has 3 N–H and O–H groups in total. The van der Waals surface area contributed by atoms with Crippen molar-refractivity contribution in [3.05, 3.63) is 64.7 Å². The summed E-state index contributed by atoms with van der Waals surface area (Å²) in [6.07, 6.45) is -1.40. The SMILES string of the molecule is O=C(O)c1ccc(Cl)cc1NC(=O)C(O)c1ccccc1.